The first-order valence-corrected chi connectivity index (χ1v) is 8.27. The maximum Gasteiger partial charge on any atom is 0.326 e. The summed E-state index contributed by atoms with van der Waals surface area (Å²) in [7, 11) is 1.49. The van der Waals surface area contributed by atoms with Crippen molar-refractivity contribution >= 4 is 5.97 Å². The molecule has 5 heteroatoms. The van der Waals surface area contributed by atoms with Crippen molar-refractivity contribution in [1.82, 2.24) is 10.2 Å². The maximum absolute atomic E-state index is 12.2. The number of likely N-dealkylation sites (N-methyl/N-ethyl adjacent to an activating group) is 1. The molecule has 2 rings (SSSR count). The second kappa shape index (κ2) is 7.07. The number of nitrogens with zero attached hydrogens (tertiary/aromatic N) is 1. The van der Waals surface area contributed by atoms with Crippen LogP contribution in [-0.2, 0) is 14.3 Å². The normalized spacial score (nSPS) is 37.6. The molecule has 4 atom stereocenters. The minimum absolute atomic E-state index is 0.110. The van der Waals surface area contributed by atoms with Gasteiger partial charge in [-0.3, -0.25) is 9.69 Å². The van der Waals surface area contributed by atoms with E-state index in [4.69, 9.17) is 9.47 Å². The van der Waals surface area contributed by atoms with Crippen molar-refractivity contribution in [2.24, 2.45) is 0 Å². The Bertz CT molecular complexity index is 363. The van der Waals surface area contributed by atoms with Crippen LogP contribution in [0.2, 0.25) is 0 Å². The Balaban J connectivity index is 2.09. The van der Waals surface area contributed by atoms with E-state index in [9.17, 15) is 4.79 Å². The fourth-order valence-corrected chi connectivity index (χ4v) is 3.92. The van der Waals surface area contributed by atoms with Gasteiger partial charge in [-0.15, -0.1) is 0 Å². The third-order valence-electron chi connectivity index (χ3n) is 5.03. The summed E-state index contributed by atoms with van der Waals surface area (Å²) in [5.41, 5.74) is -0.492. The lowest BCUT2D eigenvalue weighted by Crippen LogP contribution is -2.55. The van der Waals surface area contributed by atoms with Crippen LogP contribution in [0.3, 0.4) is 0 Å². The summed E-state index contributed by atoms with van der Waals surface area (Å²) in [5.74, 6) is -0.110. The fourth-order valence-electron chi connectivity index (χ4n) is 3.92. The molecule has 0 aromatic carbocycles. The molecule has 0 aromatic heterocycles. The smallest absolute Gasteiger partial charge is 0.326 e. The molecule has 122 valence electrons. The molecule has 2 aliphatic rings. The quantitative estimate of drug-likeness (QED) is 0.781. The first kappa shape index (κ1) is 16.7. The molecule has 1 heterocycles. The molecule has 0 aromatic rings. The SMILES string of the molecule is CCNC1(C(=O)OC)CCC(N2CC(C)OCC2CC)C1. The van der Waals surface area contributed by atoms with Crippen molar-refractivity contribution in [3.8, 4) is 0 Å². The van der Waals surface area contributed by atoms with Gasteiger partial charge in [0.2, 0.25) is 0 Å². The van der Waals surface area contributed by atoms with E-state index in [2.05, 4.69) is 24.1 Å². The number of hydrogen-bond donors (Lipinski definition) is 1. The molecule has 4 unspecified atom stereocenters. The van der Waals surface area contributed by atoms with E-state index in [-0.39, 0.29) is 12.1 Å². The molecule has 5 nitrogen and oxygen atoms in total. The summed E-state index contributed by atoms with van der Waals surface area (Å²) < 4.78 is 10.8. The molecular formula is C16H30N2O3. The van der Waals surface area contributed by atoms with E-state index >= 15 is 0 Å². The zero-order valence-corrected chi connectivity index (χ0v) is 13.9. The van der Waals surface area contributed by atoms with Gasteiger partial charge in [0, 0.05) is 18.6 Å². The topological polar surface area (TPSA) is 50.8 Å². The summed E-state index contributed by atoms with van der Waals surface area (Å²) in [4.78, 5) is 14.8. The minimum atomic E-state index is -0.492. The zero-order valence-electron chi connectivity index (χ0n) is 13.9. The van der Waals surface area contributed by atoms with Gasteiger partial charge in [-0.1, -0.05) is 13.8 Å². The van der Waals surface area contributed by atoms with Crippen LogP contribution in [0.25, 0.3) is 0 Å². The summed E-state index contributed by atoms with van der Waals surface area (Å²) >= 11 is 0. The molecule has 0 bridgehead atoms. The van der Waals surface area contributed by atoms with Crippen LogP contribution in [0.15, 0.2) is 0 Å². The molecule has 0 spiro atoms. The number of carbonyl (C=O) groups excluding carboxylic acids is 1. The lowest BCUT2D eigenvalue weighted by atomic mass is 9.96. The predicted molar refractivity (Wildman–Crippen MR) is 82.3 cm³/mol. The Labute approximate surface area is 128 Å². The van der Waals surface area contributed by atoms with Gasteiger partial charge in [0.15, 0.2) is 0 Å². The van der Waals surface area contributed by atoms with Crippen LogP contribution < -0.4 is 5.32 Å². The van der Waals surface area contributed by atoms with Gasteiger partial charge in [-0.05, 0) is 39.2 Å². The second-order valence-electron chi connectivity index (χ2n) is 6.40. The predicted octanol–water partition coefficient (Wildman–Crippen LogP) is 1.56. The Hall–Kier alpha value is -0.650. The van der Waals surface area contributed by atoms with Crippen LogP contribution in [0.5, 0.6) is 0 Å². The standard InChI is InChI=1S/C16H30N2O3/c1-5-13-11-21-12(3)10-18(13)14-7-8-16(9-14,17-6-2)15(19)20-4/h12-14,17H,5-11H2,1-4H3. The highest BCUT2D eigenvalue weighted by Gasteiger charge is 2.48. The molecule has 2 fully saturated rings. The van der Waals surface area contributed by atoms with E-state index < -0.39 is 5.54 Å². The fraction of sp³-hybridized carbons (Fsp3) is 0.938. The van der Waals surface area contributed by atoms with Crippen molar-refractivity contribution in [3.05, 3.63) is 0 Å². The number of esters is 1. The third kappa shape index (κ3) is 3.41. The van der Waals surface area contributed by atoms with Gasteiger partial charge in [-0.25, -0.2) is 0 Å². The second-order valence-corrected chi connectivity index (χ2v) is 6.40. The van der Waals surface area contributed by atoms with Crippen LogP contribution >= 0.6 is 0 Å². The van der Waals surface area contributed by atoms with Gasteiger partial charge < -0.3 is 14.8 Å². The summed E-state index contributed by atoms with van der Waals surface area (Å²) in [5, 5.41) is 3.39. The molecule has 1 saturated carbocycles. The summed E-state index contributed by atoms with van der Waals surface area (Å²) in [6.07, 6.45) is 4.12. The van der Waals surface area contributed by atoms with Crippen molar-refractivity contribution in [3.63, 3.8) is 0 Å². The highest BCUT2D eigenvalue weighted by Crippen LogP contribution is 2.36. The number of rotatable bonds is 5. The largest absolute Gasteiger partial charge is 0.468 e. The van der Waals surface area contributed by atoms with Crippen molar-refractivity contribution in [2.45, 2.75) is 70.2 Å². The number of ether oxygens (including phenoxy) is 2. The maximum atomic E-state index is 12.2. The van der Waals surface area contributed by atoms with E-state index in [1.807, 2.05) is 6.92 Å². The van der Waals surface area contributed by atoms with Crippen LogP contribution in [0, 0.1) is 0 Å². The first-order chi connectivity index (χ1) is 10.1. The monoisotopic (exact) mass is 298 g/mol. The Morgan fingerprint density at radius 3 is 2.86 bits per heavy atom. The highest BCUT2D eigenvalue weighted by molar-refractivity contribution is 5.81. The van der Waals surface area contributed by atoms with E-state index in [0.29, 0.717) is 12.1 Å². The number of morpholine rings is 1. The molecule has 1 saturated heterocycles. The Kier molecular flexibility index (Phi) is 5.63. The average Bonchev–Trinajstić information content (AvgIpc) is 2.92. The summed E-state index contributed by atoms with van der Waals surface area (Å²) in [6, 6.07) is 0.917. The van der Waals surface area contributed by atoms with Crippen molar-refractivity contribution < 1.29 is 14.3 Å². The lowest BCUT2D eigenvalue weighted by molar-refractivity contribution is -0.148. The molecule has 21 heavy (non-hydrogen) atoms. The first-order valence-electron chi connectivity index (χ1n) is 8.27. The van der Waals surface area contributed by atoms with Crippen molar-refractivity contribution in [1.29, 1.82) is 0 Å². The van der Waals surface area contributed by atoms with E-state index in [1.165, 1.54) is 7.11 Å². The minimum Gasteiger partial charge on any atom is -0.468 e. The lowest BCUT2D eigenvalue weighted by Gasteiger charge is -2.42. The van der Waals surface area contributed by atoms with E-state index in [1.54, 1.807) is 0 Å². The summed E-state index contributed by atoms with van der Waals surface area (Å²) in [6.45, 7) is 8.95. The average molecular weight is 298 g/mol. The molecule has 0 amide bonds. The molecule has 0 radical (unpaired) electrons. The number of hydrogen-bond acceptors (Lipinski definition) is 5. The van der Waals surface area contributed by atoms with Gasteiger partial charge >= 0.3 is 5.97 Å². The van der Waals surface area contributed by atoms with E-state index in [0.717, 1.165) is 45.4 Å². The molecule has 1 N–H and O–H groups in total. The van der Waals surface area contributed by atoms with Crippen LogP contribution in [-0.4, -0.2) is 61.4 Å². The van der Waals surface area contributed by atoms with Gasteiger partial charge in [0.05, 0.1) is 19.8 Å². The third-order valence-corrected chi connectivity index (χ3v) is 5.03. The van der Waals surface area contributed by atoms with Gasteiger partial charge in [0.25, 0.3) is 0 Å². The van der Waals surface area contributed by atoms with Crippen LogP contribution in [0.1, 0.15) is 46.5 Å². The number of nitrogens with one attached hydrogen (secondary N) is 1. The van der Waals surface area contributed by atoms with Gasteiger partial charge in [0.1, 0.15) is 5.54 Å². The molecule has 1 aliphatic heterocycles. The molecule has 1 aliphatic carbocycles. The number of methoxy groups -OCH3 is 1. The number of carbonyl (C=O) groups is 1. The zero-order chi connectivity index (χ0) is 15.5. The molecular weight excluding hydrogens is 268 g/mol. The van der Waals surface area contributed by atoms with Crippen molar-refractivity contribution in [2.75, 3.05) is 26.8 Å². The Morgan fingerprint density at radius 2 is 2.24 bits per heavy atom. The van der Waals surface area contributed by atoms with Crippen LogP contribution in [0.4, 0.5) is 0 Å². The highest BCUT2D eigenvalue weighted by atomic mass is 16.5. The Morgan fingerprint density at radius 1 is 1.48 bits per heavy atom. The van der Waals surface area contributed by atoms with Gasteiger partial charge in [-0.2, -0.15) is 0 Å².